The van der Waals surface area contributed by atoms with Gasteiger partial charge in [-0.2, -0.15) is 0 Å². The van der Waals surface area contributed by atoms with Crippen molar-refractivity contribution in [1.29, 1.82) is 0 Å². The molecular weight excluding hydrogens is 329 g/mol. The van der Waals surface area contributed by atoms with Crippen molar-refractivity contribution in [1.82, 2.24) is 5.32 Å². The van der Waals surface area contributed by atoms with Gasteiger partial charge in [-0.3, -0.25) is 4.79 Å². The van der Waals surface area contributed by atoms with Crippen LogP contribution in [0, 0.1) is 0 Å². The molecule has 1 heterocycles. The van der Waals surface area contributed by atoms with Crippen molar-refractivity contribution >= 4 is 41.2 Å². The van der Waals surface area contributed by atoms with Gasteiger partial charge in [0.15, 0.2) is 0 Å². The Morgan fingerprint density at radius 1 is 1.27 bits per heavy atom. The van der Waals surface area contributed by atoms with Crippen LogP contribution in [0.25, 0.3) is 6.08 Å². The second kappa shape index (κ2) is 7.15. The Kier molecular flexibility index (Phi) is 5.25. The second-order valence-corrected chi connectivity index (χ2v) is 5.12. The van der Waals surface area contributed by atoms with E-state index >= 15 is 0 Å². The molecule has 114 valence electrons. The number of hydrogen-bond acceptors (Lipinski definition) is 3. The molecule has 0 spiro atoms. The van der Waals surface area contributed by atoms with Crippen LogP contribution in [0.3, 0.4) is 0 Å². The highest BCUT2D eigenvalue weighted by Crippen LogP contribution is 2.26. The standard InChI is InChI=1S/C15H11Cl2NO4/c16-11-6-9(7-12(17)14(11)15(20)21)8-18-13(19)4-3-10-2-1-5-22-10/h1-7H,8H2,(H,18,19)(H,20,21). The summed E-state index contributed by atoms with van der Waals surface area (Å²) in [5.74, 6) is -0.968. The molecule has 7 heteroatoms. The lowest BCUT2D eigenvalue weighted by Gasteiger charge is -2.07. The van der Waals surface area contributed by atoms with Gasteiger partial charge in [0, 0.05) is 12.6 Å². The molecular formula is C15H11Cl2NO4. The molecule has 0 radical (unpaired) electrons. The third-order valence-electron chi connectivity index (χ3n) is 2.72. The molecule has 0 aliphatic heterocycles. The number of carbonyl (C=O) groups is 2. The number of aromatic carboxylic acids is 1. The average molecular weight is 340 g/mol. The Bertz CT molecular complexity index is 700. The molecule has 5 nitrogen and oxygen atoms in total. The second-order valence-electron chi connectivity index (χ2n) is 4.31. The highest BCUT2D eigenvalue weighted by Gasteiger charge is 2.14. The number of furan rings is 1. The van der Waals surface area contributed by atoms with E-state index in [4.69, 9.17) is 32.7 Å². The van der Waals surface area contributed by atoms with Gasteiger partial charge in [0.1, 0.15) is 5.76 Å². The Morgan fingerprint density at radius 3 is 2.50 bits per heavy atom. The SMILES string of the molecule is O=C(C=Cc1ccco1)NCc1cc(Cl)c(C(=O)O)c(Cl)c1. The van der Waals surface area contributed by atoms with Crippen molar-refractivity contribution in [2.24, 2.45) is 0 Å². The third kappa shape index (κ3) is 4.13. The Morgan fingerprint density at radius 2 is 1.95 bits per heavy atom. The zero-order valence-electron chi connectivity index (χ0n) is 11.2. The molecule has 0 fully saturated rings. The fourth-order valence-corrected chi connectivity index (χ4v) is 2.42. The van der Waals surface area contributed by atoms with E-state index in [1.165, 1.54) is 30.5 Å². The maximum absolute atomic E-state index is 11.7. The van der Waals surface area contributed by atoms with E-state index in [2.05, 4.69) is 5.32 Å². The van der Waals surface area contributed by atoms with Crippen molar-refractivity contribution < 1.29 is 19.1 Å². The number of halogens is 2. The van der Waals surface area contributed by atoms with E-state index in [0.717, 1.165) is 0 Å². The zero-order valence-corrected chi connectivity index (χ0v) is 12.7. The Hall–Kier alpha value is -2.24. The van der Waals surface area contributed by atoms with Crippen molar-refractivity contribution in [2.75, 3.05) is 0 Å². The molecule has 0 bridgehead atoms. The fraction of sp³-hybridized carbons (Fsp3) is 0.0667. The van der Waals surface area contributed by atoms with Crippen LogP contribution in [0.1, 0.15) is 21.7 Å². The molecule has 22 heavy (non-hydrogen) atoms. The molecule has 1 aromatic heterocycles. The molecule has 2 aromatic rings. The number of carbonyl (C=O) groups excluding carboxylic acids is 1. The first kappa shape index (κ1) is 16.1. The smallest absolute Gasteiger partial charge is 0.338 e. The van der Waals surface area contributed by atoms with E-state index in [-0.39, 0.29) is 28.1 Å². The van der Waals surface area contributed by atoms with Gasteiger partial charge >= 0.3 is 5.97 Å². The fourth-order valence-electron chi connectivity index (χ4n) is 1.72. The van der Waals surface area contributed by atoms with Gasteiger partial charge in [-0.15, -0.1) is 0 Å². The minimum absolute atomic E-state index is 0.0235. The van der Waals surface area contributed by atoms with Crippen LogP contribution in [0.4, 0.5) is 0 Å². The normalized spacial score (nSPS) is 10.8. The van der Waals surface area contributed by atoms with Gasteiger partial charge < -0.3 is 14.8 Å². The summed E-state index contributed by atoms with van der Waals surface area (Å²) in [5.41, 5.74) is 0.441. The maximum Gasteiger partial charge on any atom is 0.338 e. The molecule has 0 saturated carbocycles. The zero-order chi connectivity index (χ0) is 16.1. The summed E-state index contributed by atoms with van der Waals surface area (Å²) in [5, 5.41) is 11.6. The van der Waals surface area contributed by atoms with Crippen LogP contribution < -0.4 is 5.32 Å². The van der Waals surface area contributed by atoms with Crippen LogP contribution in [0.15, 0.2) is 41.0 Å². The summed E-state index contributed by atoms with van der Waals surface area (Å²) in [4.78, 5) is 22.6. The predicted octanol–water partition coefficient (Wildman–Crippen LogP) is 3.61. The largest absolute Gasteiger partial charge is 0.478 e. The molecule has 0 aliphatic rings. The van der Waals surface area contributed by atoms with Gasteiger partial charge in [0.2, 0.25) is 5.91 Å². The van der Waals surface area contributed by atoms with Gasteiger partial charge in [-0.25, -0.2) is 4.79 Å². The summed E-state index contributed by atoms with van der Waals surface area (Å²) >= 11 is 11.7. The quantitative estimate of drug-likeness (QED) is 0.815. The molecule has 0 aliphatic carbocycles. The molecule has 0 saturated heterocycles. The number of amides is 1. The number of hydrogen-bond donors (Lipinski definition) is 2. The summed E-state index contributed by atoms with van der Waals surface area (Å²) in [6, 6.07) is 6.33. The van der Waals surface area contributed by atoms with Crippen LogP contribution in [0.5, 0.6) is 0 Å². The molecule has 1 amide bonds. The monoisotopic (exact) mass is 339 g/mol. The van der Waals surface area contributed by atoms with Crippen LogP contribution >= 0.6 is 23.2 Å². The van der Waals surface area contributed by atoms with Crippen molar-refractivity contribution in [3.05, 3.63) is 63.5 Å². The molecule has 2 rings (SSSR count). The first-order valence-corrected chi connectivity index (χ1v) is 6.93. The average Bonchev–Trinajstić information content (AvgIpc) is 2.95. The molecule has 0 atom stereocenters. The van der Waals surface area contributed by atoms with E-state index < -0.39 is 5.97 Å². The van der Waals surface area contributed by atoms with Crippen LogP contribution in [0.2, 0.25) is 10.0 Å². The van der Waals surface area contributed by atoms with E-state index in [1.807, 2.05) is 0 Å². The van der Waals surface area contributed by atoms with Gasteiger partial charge in [0.05, 0.1) is 21.9 Å². The van der Waals surface area contributed by atoms with E-state index in [1.54, 1.807) is 12.1 Å². The first-order chi connectivity index (χ1) is 10.5. The number of rotatable bonds is 5. The minimum atomic E-state index is -1.20. The molecule has 1 aromatic carbocycles. The number of carboxylic acids is 1. The van der Waals surface area contributed by atoms with Crippen molar-refractivity contribution in [3.63, 3.8) is 0 Å². The highest BCUT2D eigenvalue weighted by atomic mass is 35.5. The lowest BCUT2D eigenvalue weighted by Crippen LogP contribution is -2.20. The Balaban J connectivity index is 2.00. The highest BCUT2D eigenvalue weighted by molar-refractivity contribution is 6.39. The summed E-state index contributed by atoms with van der Waals surface area (Å²) < 4.78 is 5.06. The lowest BCUT2D eigenvalue weighted by atomic mass is 10.1. The molecule has 0 unspecified atom stereocenters. The van der Waals surface area contributed by atoms with E-state index in [9.17, 15) is 9.59 Å². The summed E-state index contributed by atoms with van der Waals surface area (Å²) in [7, 11) is 0. The first-order valence-electron chi connectivity index (χ1n) is 6.18. The summed E-state index contributed by atoms with van der Waals surface area (Å²) in [6.45, 7) is 0.167. The number of nitrogens with one attached hydrogen (secondary N) is 1. The number of benzene rings is 1. The van der Waals surface area contributed by atoms with Gasteiger partial charge in [0.25, 0.3) is 0 Å². The lowest BCUT2D eigenvalue weighted by molar-refractivity contribution is -0.116. The van der Waals surface area contributed by atoms with Crippen molar-refractivity contribution in [3.8, 4) is 0 Å². The summed E-state index contributed by atoms with van der Waals surface area (Å²) in [6.07, 6.45) is 4.36. The van der Waals surface area contributed by atoms with Crippen LogP contribution in [-0.2, 0) is 11.3 Å². The Labute approximate surface area is 136 Å². The van der Waals surface area contributed by atoms with Crippen LogP contribution in [-0.4, -0.2) is 17.0 Å². The van der Waals surface area contributed by atoms with Crippen molar-refractivity contribution in [2.45, 2.75) is 6.54 Å². The third-order valence-corrected chi connectivity index (χ3v) is 3.32. The molecule has 2 N–H and O–H groups in total. The minimum Gasteiger partial charge on any atom is -0.478 e. The predicted molar refractivity (Wildman–Crippen MR) is 83.0 cm³/mol. The topological polar surface area (TPSA) is 79.5 Å². The van der Waals surface area contributed by atoms with Gasteiger partial charge in [-0.05, 0) is 35.9 Å². The van der Waals surface area contributed by atoms with E-state index in [0.29, 0.717) is 11.3 Å². The maximum atomic E-state index is 11.7. The van der Waals surface area contributed by atoms with Gasteiger partial charge in [-0.1, -0.05) is 23.2 Å². The number of carboxylic acid groups (broad SMARTS) is 1.